The number of carbonyl (C=O) groups is 1. The maximum atomic E-state index is 12.4. The maximum Gasteiger partial charge on any atom is 0.251 e. The highest BCUT2D eigenvalue weighted by Crippen LogP contribution is 2.17. The lowest BCUT2D eigenvalue weighted by Crippen LogP contribution is -2.26. The Labute approximate surface area is 146 Å². The molecule has 3 N–H and O–H groups in total. The quantitative estimate of drug-likeness (QED) is 0.825. The van der Waals surface area contributed by atoms with Gasteiger partial charge in [-0.3, -0.25) is 4.79 Å². The fourth-order valence-corrected chi connectivity index (χ4v) is 3.31. The van der Waals surface area contributed by atoms with Gasteiger partial charge in [0.2, 0.25) is 10.0 Å². The highest BCUT2D eigenvalue weighted by atomic mass is 32.2. The average Bonchev–Trinajstić information content (AvgIpc) is 2.54. The van der Waals surface area contributed by atoms with Crippen LogP contribution in [0.5, 0.6) is 0 Å². The maximum absolute atomic E-state index is 12.4. The molecule has 0 saturated heterocycles. The summed E-state index contributed by atoms with van der Waals surface area (Å²) in [5.41, 5.74) is 2.51. The number of benzene rings is 2. The summed E-state index contributed by atoms with van der Waals surface area (Å²) in [7, 11) is -3.71. The van der Waals surface area contributed by atoms with Crippen LogP contribution in [0.1, 0.15) is 34.5 Å². The first-order valence-electron chi connectivity index (χ1n) is 7.33. The van der Waals surface area contributed by atoms with Crippen LogP contribution in [0.4, 0.5) is 0 Å². The number of sulfonamides is 1. The fourth-order valence-electron chi connectivity index (χ4n) is 2.28. The van der Waals surface area contributed by atoms with Crippen molar-refractivity contribution >= 4 is 27.7 Å². The number of nitrogens with two attached hydrogens (primary N) is 1. The zero-order chi connectivity index (χ0) is 17.7. The van der Waals surface area contributed by atoms with Gasteiger partial charge in [-0.05, 0) is 48.6 Å². The first-order valence-corrected chi connectivity index (χ1v) is 10.3. The van der Waals surface area contributed by atoms with Crippen molar-refractivity contribution in [2.45, 2.75) is 23.6 Å². The van der Waals surface area contributed by atoms with E-state index in [2.05, 4.69) is 5.32 Å². The van der Waals surface area contributed by atoms with Crippen molar-refractivity contribution in [3.05, 3.63) is 65.2 Å². The largest absolute Gasteiger partial charge is 0.346 e. The topological polar surface area (TPSA) is 89.3 Å². The molecule has 5 nitrogen and oxygen atoms in total. The van der Waals surface area contributed by atoms with Crippen molar-refractivity contribution in [1.82, 2.24) is 5.32 Å². The summed E-state index contributed by atoms with van der Waals surface area (Å²) >= 11 is 1.70. The van der Waals surface area contributed by atoms with Crippen LogP contribution in [0.3, 0.4) is 0 Å². The van der Waals surface area contributed by atoms with Crippen molar-refractivity contribution in [2.24, 2.45) is 5.14 Å². The summed E-state index contributed by atoms with van der Waals surface area (Å²) in [5, 5.41) is 7.99. The van der Waals surface area contributed by atoms with E-state index < -0.39 is 10.0 Å². The number of primary sulfonamides is 1. The Kier molecular flexibility index (Phi) is 6.04. The van der Waals surface area contributed by atoms with E-state index in [0.717, 1.165) is 16.9 Å². The number of thioether (sulfide) groups is 1. The highest BCUT2D eigenvalue weighted by molar-refractivity contribution is 7.97. The van der Waals surface area contributed by atoms with Crippen LogP contribution in [0.15, 0.2) is 53.4 Å². The smallest absolute Gasteiger partial charge is 0.251 e. The normalized spacial score (nSPS) is 12.6. The number of rotatable bonds is 6. The van der Waals surface area contributed by atoms with Crippen LogP contribution in [-0.2, 0) is 15.8 Å². The second kappa shape index (κ2) is 7.83. The molecule has 0 spiro atoms. The molecule has 7 heteroatoms. The second-order valence-corrected chi connectivity index (χ2v) is 7.87. The predicted octanol–water partition coefficient (Wildman–Crippen LogP) is 2.69. The van der Waals surface area contributed by atoms with E-state index >= 15 is 0 Å². The average molecular weight is 364 g/mol. The van der Waals surface area contributed by atoms with Gasteiger partial charge in [-0.1, -0.05) is 24.3 Å². The van der Waals surface area contributed by atoms with Gasteiger partial charge < -0.3 is 5.32 Å². The lowest BCUT2D eigenvalue weighted by Gasteiger charge is -2.15. The van der Waals surface area contributed by atoms with Gasteiger partial charge in [0, 0.05) is 11.3 Å². The van der Waals surface area contributed by atoms with E-state index in [1.54, 1.807) is 30.0 Å². The standard InChI is InChI=1S/C17H20N2O3S2/c1-12(14-6-8-16(9-7-14)24(18,21)22)19-17(20)15-5-3-4-13(10-15)11-23-2/h3-10,12H,11H2,1-2H3,(H,19,20)(H2,18,21,22). The van der Waals surface area contributed by atoms with Crippen LogP contribution in [-0.4, -0.2) is 20.6 Å². The molecule has 24 heavy (non-hydrogen) atoms. The number of amides is 1. The molecule has 0 bridgehead atoms. The summed E-state index contributed by atoms with van der Waals surface area (Å²) in [6.45, 7) is 1.84. The van der Waals surface area contributed by atoms with Crippen molar-refractivity contribution in [2.75, 3.05) is 6.26 Å². The number of carbonyl (C=O) groups excluding carboxylic acids is 1. The molecule has 0 aliphatic heterocycles. The first-order chi connectivity index (χ1) is 11.3. The van der Waals surface area contributed by atoms with E-state index in [4.69, 9.17) is 5.14 Å². The van der Waals surface area contributed by atoms with Gasteiger partial charge >= 0.3 is 0 Å². The second-order valence-electron chi connectivity index (χ2n) is 5.44. The Hall–Kier alpha value is -1.83. The Bertz CT molecular complexity index is 818. The van der Waals surface area contributed by atoms with E-state index in [0.29, 0.717) is 5.56 Å². The molecule has 2 aromatic carbocycles. The highest BCUT2D eigenvalue weighted by Gasteiger charge is 2.13. The summed E-state index contributed by atoms with van der Waals surface area (Å²) in [4.78, 5) is 12.4. The van der Waals surface area contributed by atoms with Gasteiger partial charge in [0.25, 0.3) is 5.91 Å². The predicted molar refractivity (Wildman–Crippen MR) is 97.4 cm³/mol. The van der Waals surface area contributed by atoms with Crippen molar-refractivity contribution in [3.8, 4) is 0 Å². The molecule has 1 atom stereocenters. The zero-order valence-electron chi connectivity index (χ0n) is 13.5. The van der Waals surface area contributed by atoms with Crippen LogP contribution >= 0.6 is 11.8 Å². The van der Waals surface area contributed by atoms with Gasteiger partial charge in [-0.2, -0.15) is 11.8 Å². The first kappa shape index (κ1) is 18.5. The summed E-state index contributed by atoms with van der Waals surface area (Å²) < 4.78 is 22.5. The van der Waals surface area contributed by atoms with E-state index in [1.807, 2.05) is 31.4 Å². The van der Waals surface area contributed by atoms with Gasteiger partial charge in [0.1, 0.15) is 0 Å². The molecule has 1 unspecified atom stereocenters. The molecule has 128 valence electrons. The third-order valence-electron chi connectivity index (χ3n) is 3.56. The van der Waals surface area contributed by atoms with Crippen molar-refractivity contribution < 1.29 is 13.2 Å². The number of hydrogen-bond donors (Lipinski definition) is 2. The van der Waals surface area contributed by atoms with E-state index in [-0.39, 0.29) is 16.8 Å². The summed E-state index contributed by atoms with van der Waals surface area (Å²) in [6, 6.07) is 13.4. The summed E-state index contributed by atoms with van der Waals surface area (Å²) in [6.07, 6.45) is 2.01. The van der Waals surface area contributed by atoms with Crippen LogP contribution in [0.25, 0.3) is 0 Å². The van der Waals surface area contributed by atoms with Gasteiger partial charge in [-0.15, -0.1) is 0 Å². The Morgan fingerprint density at radius 3 is 2.46 bits per heavy atom. The van der Waals surface area contributed by atoms with Gasteiger partial charge in [0.05, 0.1) is 10.9 Å². The fraction of sp³-hybridized carbons (Fsp3) is 0.235. The SMILES string of the molecule is CSCc1cccc(C(=O)NC(C)c2ccc(S(N)(=O)=O)cc2)c1. The Morgan fingerprint density at radius 2 is 1.88 bits per heavy atom. The molecule has 0 heterocycles. The van der Waals surface area contributed by atoms with E-state index in [1.165, 1.54) is 12.1 Å². The minimum atomic E-state index is -3.71. The lowest BCUT2D eigenvalue weighted by molar-refractivity contribution is 0.0939. The van der Waals surface area contributed by atoms with Gasteiger partial charge in [0.15, 0.2) is 0 Å². The molecular formula is C17H20N2O3S2. The zero-order valence-corrected chi connectivity index (χ0v) is 15.2. The van der Waals surface area contributed by atoms with Crippen molar-refractivity contribution in [1.29, 1.82) is 0 Å². The van der Waals surface area contributed by atoms with Crippen LogP contribution in [0.2, 0.25) is 0 Å². The van der Waals surface area contributed by atoms with Gasteiger partial charge in [-0.25, -0.2) is 13.6 Å². The Balaban J connectivity index is 2.10. The third kappa shape index (κ3) is 4.83. The molecule has 0 saturated carbocycles. The molecule has 0 aromatic heterocycles. The molecule has 2 rings (SSSR count). The molecule has 0 radical (unpaired) electrons. The molecule has 2 aromatic rings. The molecule has 1 amide bonds. The number of hydrogen-bond acceptors (Lipinski definition) is 4. The number of nitrogens with one attached hydrogen (secondary N) is 1. The monoisotopic (exact) mass is 364 g/mol. The minimum absolute atomic E-state index is 0.0505. The molecule has 0 aliphatic rings. The van der Waals surface area contributed by atoms with E-state index in [9.17, 15) is 13.2 Å². The minimum Gasteiger partial charge on any atom is -0.346 e. The Morgan fingerprint density at radius 1 is 1.21 bits per heavy atom. The van der Waals surface area contributed by atoms with Crippen LogP contribution in [0, 0.1) is 0 Å². The molecule has 0 aliphatic carbocycles. The van der Waals surface area contributed by atoms with Crippen molar-refractivity contribution in [3.63, 3.8) is 0 Å². The molecular weight excluding hydrogens is 344 g/mol. The lowest BCUT2D eigenvalue weighted by atomic mass is 10.1. The third-order valence-corrected chi connectivity index (χ3v) is 5.11. The summed E-state index contributed by atoms with van der Waals surface area (Å²) in [5.74, 6) is 0.687. The molecule has 0 fully saturated rings. The van der Waals surface area contributed by atoms with Crippen LogP contribution < -0.4 is 10.5 Å².